The number of nitrogens with zero attached hydrogens (tertiary/aromatic N) is 1. The third-order valence-electron chi connectivity index (χ3n) is 1.32. The van der Waals surface area contributed by atoms with Gasteiger partial charge in [0, 0.05) is 18.1 Å². The minimum Gasteiger partial charge on any atom is -0.311 e. The van der Waals surface area contributed by atoms with Gasteiger partial charge in [0.05, 0.1) is 6.61 Å². The van der Waals surface area contributed by atoms with Crippen LogP contribution in [0, 0.1) is 6.92 Å². The Morgan fingerprint density at radius 3 is 2.91 bits per heavy atom. The van der Waals surface area contributed by atoms with E-state index in [4.69, 9.17) is 4.18 Å². The molecule has 1 aromatic heterocycles. The second-order valence-corrected chi connectivity index (χ2v) is 2.81. The maximum Gasteiger partial charge on any atom is 0.0879 e. The Kier molecular flexibility index (Phi) is 3.39. The van der Waals surface area contributed by atoms with Gasteiger partial charge in [0.1, 0.15) is 0 Å². The quantitative estimate of drug-likeness (QED) is 0.647. The summed E-state index contributed by atoms with van der Waals surface area (Å²) in [5.41, 5.74) is 2.16. The predicted molar refractivity (Wildman–Crippen MR) is 47.3 cm³/mol. The summed E-state index contributed by atoms with van der Waals surface area (Å²) in [6, 6.07) is 4.01. The summed E-state index contributed by atoms with van der Waals surface area (Å²) in [6.07, 6.45) is 3.74. The maximum atomic E-state index is 5.14. The maximum absolute atomic E-state index is 5.14. The first-order chi connectivity index (χ1) is 5.33. The summed E-state index contributed by atoms with van der Waals surface area (Å²) in [5.74, 6) is 0. The van der Waals surface area contributed by atoms with E-state index in [-0.39, 0.29) is 0 Å². The minimum absolute atomic E-state index is 0.633. The molecular formula is C8H11NOS. The molecule has 60 valence electrons. The first-order valence-electron chi connectivity index (χ1n) is 3.40. The zero-order valence-corrected chi connectivity index (χ0v) is 7.52. The second-order valence-electron chi connectivity index (χ2n) is 2.24. The Labute approximate surface area is 71.2 Å². The van der Waals surface area contributed by atoms with Gasteiger partial charge in [-0.25, -0.2) is 0 Å². The van der Waals surface area contributed by atoms with Crippen LogP contribution < -0.4 is 0 Å². The van der Waals surface area contributed by atoms with Gasteiger partial charge in [-0.3, -0.25) is 4.98 Å². The molecule has 0 bridgehead atoms. The Bertz CT molecular complexity index is 210. The van der Waals surface area contributed by atoms with Crippen molar-refractivity contribution in [1.29, 1.82) is 0 Å². The van der Waals surface area contributed by atoms with Crippen LogP contribution in [-0.4, -0.2) is 11.2 Å². The van der Waals surface area contributed by atoms with Gasteiger partial charge in [-0.15, -0.1) is 0 Å². The first kappa shape index (κ1) is 8.56. The topological polar surface area (TPSA) is 22.1 Å². The molecule has 3 heteroatoms. The largest absolute Gasteiger partial charge is 0.311 e. The average Bonchev–Trinajstić information content (AvgIpc) is 2.04. The summed E-state index contributed by atoms with van der Waals surface area (Å²) < 4.78 is 5.14. The molecule has 0 spiro atoms. The molecule has 0 radical (unpaired) electrons. The number of hydrogen-bond donors (Lipinski definition) is 0. The molecule has 0 unspecified atom stereocenters. The minimum atomic E-state index is 0.633. The molecular weight excluding hydrogens is 158 g/mol. The molecule has 0 N–H and O–H groups in total. The van der Waals surface area contributed by atoms with Gasteiger partial charge in [-0.1, -0.05) is 6.07 Å². The van der Waals surface area contributed by atoms with Crippen LogP contribution in [0.5, 0.6) is 0 Å². The highest BCUT2D eigenvalue weighted by Crippen LogP contribution is 2.05. The highest BCUT2D eigenvalue weighted by Gasteiger charge is 1.91. The highest BCUT2D eigenvalue weighted by molar-refractivity contribution is 7.93. The van der Waals surface area contributed by atoms with Gasteiger partial charge in [0.2, 0.25) is 0 Å². The molecule has 0 amide bonds. The monoisotopic (exact) mass is 169 g/mol. The van der Waals surface area contributed by atoms with Crippen molar-refractivity contribution in [2.45, 2.75) is 13.5 Å². The molecule has 1 heterocycles. The smallest absolute Gasteiger partial charge is 0.0879 e. The fourth-order valence-corrected chi connectivity index (χ4v) is 0.965. The molecule has 0 fully saturated rings. The molecule has 0 aliphatic heterocycles. The van der Waals surface area contributed by atoms with Crippen molar-refractivity contribution < 1.29 is 4.18 Å². The lowest BCUT2D eigenvalue weighted by molar-refractivity contribution is 0.365. The van der Waals surface area contributed by atoms with E-state index in [1.807, 2.05) is 31.5 Å². The fraction of sp³-hybridized carbons (Fsp3) is 0.375. The van der Waals surface area contributed by atoms with Crippen LogP contribution in [-0.2, 0) is 10.8 Å². The van der Waals surface area contributed by atoms with Crippen LogP contribution in [0.15, 0.2) is 18.3 Å². The lowest BCUT2D eigenvalue weighted by Gasteiger charge is -1.98. The number of rotatable bonds is 3. The van der Waals surface area contributed by atoms with Crippen molar-refractivity contribution in [2.75, 3.05) is 6.26 Å². The Hall–Kier alpha value is -0.540. The summed E-state index contributed by atoms with van der Waals surface area (Å²) in [6.45, 7) is 2.60. The molecule has 0 saturated heterocycles. The summed E-state index contributed by atoms with van der Waals surface area (Å²) in [5, 5.41) is 0. The van der Waals surface area contributed by atoms with Crippen molar-refractivity contribution in [1.82, 2.24) is 4.98 Å². The second kappa shape index (κ2) is 4.36. The van der Waals surface area contributed by atoms with Crippen molar-refractivity contribution in [3.8, 4) is 0 Å². The Morgan fingerprint density at radius 1 is 1.55 bits per heavy atom. The van der Waals surface area contributed by atoms with Gasteiger partial charge < -0.3 is 4.18 Å². The van der Waals surface area contributed by atoms with E-state index in [1.54, 1.807) is 0 Å². The van der Waals surface area contributed by atoms with Gasteiger partial charge in [-0.05, 0) is 30.6 Å². The lowest BCUT2D eigenvalue weighted by Crippen LogP contribution is -1.87. The molecule has 11 heavy (non-hydrogen) atoms. The van der Waals surface area contributed by atoms with Gasteiger partial charge in [0.25, 0.3) is 0 Å². The number of pyridine rings is 1. The molecule has 0 saturated carbocycles. The molecule has 1 aromatic rings. The summed E-state index contributed by atoms with van der Waals surface area (Å²) >= 11 is 1.37. The average molecular weight is 169 g/mol. The Morgan fingerprint density at radius 2 is 2.36 bits per heavy atom. The summed E-state index contributed by atoms with van der Waals surface area (Å²) in [7, 11) is 0. The third kappa shape index (κ3) is 2.91. The lowest BCUT2D eigenvalue weighted by atomic mass is 10.3. The van der Waals surface area contributed by atoms with Gasteiger partial charge in [0.15, 0.2) is 0 Å². The van der Waals surface area contributed by atoms with Crippen LogP contribution in [0.4, 0.5) is 0 Å². The van der Waals surface area contributed by atoms with Crippen molar-refractivity contribution in [2.24, 2.45) is 0 Å². The van der Waals surface area contributed by atoms with Crippen LogP contribution in [0.3, 0.4) is 0 Å². The highest BCUT2D eigenvalue weighted by atomic mass is 32.2. The van der Waals surface area contributed by atoms with Crippen LogP contribution in [0.1, 0.15) is 11.3 Å². The van der Waals surface area contributed by atoms with Crippen molar-refractivity contribution in [3.05, 3.63) is 29.6 Å². The molecule has 0 aromatic carbocycles. The van der Waals surface area contributed by atoms with Crippen molar-refractivity contribution in [3.63, 3.8) is 0 Å². The fourth-order valence-electron chi connectivity index (χ4n) is 0.711. The predicted octanol–water partition coefficient (Wildman–Crippen LogP) is 2.18. The standard InChI is InChI=1S/C8H11NOS/c1-7-3-4-8(5-9-7)6-10-11-2/h3-5H,6H2,1-2H3. The molecule has 1 rings (SSSR count). The van der Waals surface area contributed by atoms with E-state index in [0.29, 0.717) is 6.61 Å². The summed E-state index contributed by atoms with van der Waals surface area (Å²) in [4.78, 5) is 4.14. The van der Waals surface area contributed by atoms with E-state index in [0.717, 1.165) is 11.3 Å². The van der Waals surface area contributed by atoms with Crippen LogP contribution in [0.25, 0.3) is 0 Å². The molecule has 0 atom stereocenters. The Balaban J connectivity index is 2.52. The van der Waals surface area contributed by atoms with Crippen LogP contribution in [0.2, 0.25) is 0 Å². The van der Waals surface area contributed by atoms with E-state index >= 15 is 0 Å². The van der Waals surface area contributed by atoms with E-state index < -0.39 is 0 Å². The normalized spacial score (nSPS) is 10.0. The molecule has 0 aliphatic carbocycles. The zero-order chi connectivity index (χ0) is 8.10. The molecule has 0 aliphatic rings. The van der Waals surface area contributed by atoms with E-state index in [1.165, 1.54) is 12.0 Å². The first-order valence-corrected chi connectivity index (χ1v) is 4.55. The van der Waals surface area contributed by atoms with Gasteiger partial charge >= 0.3 is 0 Å². The SMILES string of the molecule is CSOCc1ccc(C)nc1. The molecule has 2 nitrogen and oxygen atoms in total. The number of hydrogen-bond acceptors (Lipinski definition) is 3. The third-order valence-corrected chi connectivity index (χ3v) is 1.67. The van der Waals surface area contributed by atoms with E-state index in [9.17, 15) is 0 Å². The van der Waals surface area contributed by atoms with Crippen molar-refractivity contribution >= 4 is 12.0 Å². The number of aromatic nitrogens is 1. The number of aryl methyl sites for hydroxylation is 1. The van der Waals surface area contributed by atoms with Crippen LogP contribution >= 0.6 is 12.0 Å². The van der Waals surface area contributed by atoms with E-state index in [2.05, 4.69) is 4.98 Å². The van der Waals surface area contributed by atoms with Gasteiger partial charge in [-0.2, -0.15) is 0 Å². The zero-order valence-electron chi connectivity index (χ0n) is 6.70.